The van der Waals surface area contributed by atoms with Gasteiger partial charge < -0.3 is 0 Å². The lowest BCUT2D eigenvalue weighted by molar-refractivity contribution is 0.481. The van der Waals surface area contributed by atoms with Gasteiger partial charge in [0.2, 0.25) is 0 Å². The van der Waals surface area contributed by atoms with Crippen molar-refractivity contribution < 1.29 is 25.9 Å². The molecule has 3 rings (SSSR count). The van der Waals surface area contributed by atoms with E-state index in [-0.39, 0.29) is 9.79 Å². The molecule has 2 N–H and O–H groups in total. The van der Waals surface area contributed by atoms with Gasteiger partial charge in [0.25, 0.3) is 20.2 Å². The van der Waals surface area contributed by atoms with Gasteiger partial charge in [0.1, 0.15) is 0 Å². The highest BCUT2D eigenvalue weighted by Gasteiger charge is 2.15. The summed E-state index contributed by atoms with van der Waals surface area (Å²) in [6, 6.07) is 18.6. The van der Waals surface area contributed by atoms with Crippen LogP contribution in [-0.2, 0) is 20.2 Å². The van der Waals surface area contributed by atoms with Crippen LogP contribution in [0.1, 0.15) is 0 Å². The molecule has 0 aliphatic heterocycles. The third-order valence-electron chi connectivity index (χ3n) is 3.81. The smallest absolute Gasteiger partial charge is 0.282 e. The topological polar surface area (TPSA) is 109 Å². The maximum Gasteiger partial charge on any atom is 0.294 e. The van der Waals surface area contributed by atoms with E-state index in [1.54, 1.807) is 36.4 Å². The van der Waals surface area contributed by atoms with Crippen molar-refractivity contribution in [3.63, 3.8) is 0 Å². The van der Waals surface area contributed by atoms with Crippen LogP contribution in [0.3, 0.4) is 0 Å². The Labute approximate surface area is 151 Å². The second-order valence-electron chi connectivity index (χ2n) is 5.55. The number of benzene rings is 3. The largest absolute Gasteiger partial charge is 0.294 e. The summed E-state index contributed by atoms with van der Waals surface area (Å²) in [5, 5.41) is 0. The van der Waals surface area contributed by atoms with E-state index in [1.807, 2.05) is 0 Å². The van der Waals surface area contributed by atoms with E-state index >= 15 is 0 Å². The Hall–Kier alpha value is -2.52. The molecule has 0 aliphatic rings. The maximum atomic E-state index is 11.4. The third-order valence-corrected chi connectivity index (χ3v) is 5.51. The molecule has 3 aromatic carbocycles. The van der Waals surface area contributed by atoms with Crippen LogP contribution in [0, 0.1) is 0 Å². The summed E-state index contributed by atoms with van der Waals surface area (Å²) >= 11 is 0. The predicted molar refractivity (Wildman–Crippen MR) is 96.9 cm³/mol. The zero-order chi connectivity index (χ0) is 18.9. The molecular formula is C18H14O6S2. The van der Waals surface area contributed by atoms with Gasteiger partial charge in [0.05, 0.1) is 9.79 Å². The van der Waals surface area contributed by atoms with E-state index in [2.05, 4.69) is 0 Å². The first-order valence-electron chi connectivity index (χ1n) is 7.41. The molecule has 0 radical (unpaired) electrons. The Balaban J connectivity index is 2.20. The zero-order valence-electron chi connectivity index (χ0n) is 13.3. The molecule has 0 aromatic heterocycles. The zero-order valence-corrected chi connectivity index (χ0v) is 14.9. The van der Waals surface area contributed by atoms with E-state index in [0.29, 0.717) is 22.3 Å². The second kappa shape index (κ2) is 6.65. The van der Waals surface area contributed by atoms with E-state index in [9.17, 15) is 25.9 Å². The van der Waals surface area contributed by atoms with E-state index in [1.165, 1.54) is 36.4 Å². The molecule has 0 fully saturated rings. The van der Waals surface area contributed by atoms with E-state index in [4.69, 9.17) is 0 Å². The average Bonchev–Trinajstić information content (AvgIpc) is 2.60. The van der Waals surface area contributed by atoms with Crippen LogP contribution < -0.4 is 0 Å². The lowest BCUT2D eigenvalue weighted by Crippen LogP contribution is -1.99. The van der Waals surface area contributed by atoms with Crippen molar-refractivity contribution in [2.24, 2.45) is 0 Å². The summed E-state index contributed by atoms with van der Waals surface area (Å²) in [5.74, 6) is 0. The highest BCUT2D eigenvalue weighted by molar-refractivity contribution is 7.86. The van der Waals surface area contributed by atoms with Crippen molar-refractivity contribution in [2.45, 2.75) is 9.79 Å². The van der Waals surface area contributed by atoms with Gasteiger partial charge in [-0.05, 0) is 46.5 Å². The molecule has 0 aliphatic carbocycles. The molecule has 0 spiro atoms. The predicted octanol–water partition coefficient (Wildman–Crippen LogP) is 3.51. The molecule has 0 saturated heterocycles. The van der Waals surface area contributed by atoms with Crippen molar-refractivity contribution >= 4 is 20.2 Å². The first kappa shape index (κ1) is 18.3. The van der Waals surface area contributed by atoms with Crippen LogP contribution in [0.15, 0.2) is 82.6 Å². The Bertz CT molecular complexity index is 1090. The van der Waals surface area contributed by atoms with Gasteiger partial charge in [-0.3, -0.25) is 9.11 Å². The molecule has 0 unspecified atom stereocenters. The minimum atomic E-state index is -4.35. The Kier molecular flexibility index (Phi) is 4.68. The van der Waals surface area contributed by atoms with Gasteiger partial charge >= 0.3 is 0 Å². The van der Waals surface area contributed by atoms with Crippen molar-refractivity contribution in [1.29, 1.82) is 0 Å². The summed E-state index contributed by atoms with van der Waals surface area (Å²) in [6.45, 7) is 0. The van der Waals surface area contributed by atoms with Crippen LogP contribution in [0.25, 0.3) is 22.3 Å². The second-order valence-corrected chi connectivity index (χ2v) is 8.39. The van der Waals surface area contributed by atoms with Gasteiger partial charge in [-0.15, -0.1) is 0 Å². The van der Waals surface area contributed by atoms with Gasteiger partial charge in [-0.25, -0.2) is 0 Å². The van der Waals surface area contributed by atoms with Crippen LogP contribution in [0.2, 0.25) is 0 Å². The molecule has 6 nitrogen and oxygen atoms in total. The van der Waals surface area contributed by atoms with Crippen LogP contribution >= 0.6 is 0 Å². The highest BCUT2D eigenvalue weighted by Crippen LogP contribution is 2.33. The van der Waals surface area contributed by atoms with Gasteiger partial charge in [-0.1, -0.05) is 48.5 Å². The molecule has 8 heteroatoms. The fraction of sp³-hybridized carbons (Fsp3) is 0. The molecule has 3 aromatic rings. The SMILES string of the molecule is O=S(=O)(O)c1cccc(-c2ccccc2-c2cccc(S(=O)(=O)O)c2)c1. The highest BCUT2D eigenvalue weighted by atomic mass is 32.2. The minimum absolute atomic E-state index is 0.239. The summed E-state index contributed by atoms with van der Waals surface area (Å²) in [5.41, 5.74) is 2.36. The van der Waals surface area contributed by atoms with Crippen LogP contribution in [-0.4, -0.2) is 25.9 Å². The minimum Gasteiger partial charge on any atom is -0.282 e. The number of rotatable bonds is 4. The summed E-state index contributed by atoms with van der Waals surface area (Å²) in [4.78, 5) is -0.479. The van der Waals surface area contributed by atoms with E-state index in [0.717, 1.165) is 0 Å². The summed E-state index contributed by atoms with van der Waals surface area (Å²) < 4.78 is 64.1. The van der Waals surface area contributed by atoms with Gasteiger partial charge in [-0.2, -0.15) is 16.8 Å². The number of hydrogen-bond donors (Lipinski definition) is 2. The standard InChI is InChI=1S/C18H14O6S2/c19-25(20,21)15-7-3-5-13(11-15)17-9-1-2-10-18(17)14-6-4-8-16(12-14)26(22,23)24/h1-12H,(H,19,20,21)(H,22,23,24). The lowest BCUT2D eigenvalue weighted by Gasteiger charge is -2.11. The van der Waals surface area contributed by atoms with Crippen LogP contribution in [0.5, 0.6) is 0 Å². The van der Waals surface area contributed by atoms with Crippen molar-refractivity contribution in [2.75, 3.05) is 0 Å². The summed E-state index contributed by atoms with van der Waals surface area (Å²) in [7, 11) is -8.70. The summed E-state index contributed by atoms with van der Waals surface area (Å²) in [6.07, 6.45) is 0. The van der Waals surface area contributed by atoms with Crippen LogP contribution in [0.4, 0.5) is 0 Å². The molecule has 134 valence electrons. The Morgan fingerprint density at radius 2 is 0.923 bits per heavy atom. The Morgan fingerprint density at radius 3 is 1.27 bits per heavy atom. The van der Waals surface area contributed by atoms with E-state index < -0.39 is 20.2 Å². The Morgan fingerprint density at radius 1 is 0.538 bits per heavy atom. The first-order chi connectivity index (χ1) is 12.2. The maximum absolute atomic E-state index is 11.4. The van der Waals surface area contributed by atoms with Gasteiger partial charge in [0.15, 0.2) is 0 Å². The molecule has 0 amide bonds. The average molecular weight is 390 g/mol. The van der Waals surface area contributed by atoms with Crippen molar-refractivity contribution in [3.8, 4) is 22.3 Å². The van der Waals surface area contributed by atoms with Gasteiger partial charge in [0, 0.05) is 0 Å². The molecule has 26 heavy (non-hydrogen) atoms. The molecule has 0 heterocycles. The third kappa shape index (κ3) is 3.83. The molecule has 0 saturated carbocycles. The number of hydrogen-bond acceptors (Lipinski definition) is 4. The van der Waals surface area contributed by atoms with Crippen molar-refractivity contribution in [1.82, 2.24) is 0 Å². The molecular weight excluding hydrogens is 376 g/mol. The monoisotopic (exact) mass is 390 g/mol. The van der Waals surface area contributed by atoms with Crippen molar-refractivity contribution in [3.05, 3.63) is 72.8 Å². The fourth-order valence-corrected chi connectivity index (χ4v) is 3.69. The molecule has 0 bridgehead atoms. The fourth-order valence-electron chi connectivity index (χ4n) is 2.63. The quantitative estimate of drug-likeness (QED) is 0.660. The normalized spacial score (nSPS) is 12.1. The first-order valence-corrected chi connectivity index (χ1v) is 10.3. The lowest BCUT2D eigenvalue weighted by atomic mass is 9.95. The molecule has 0 atom stereocenters.